The minimum atomic E-state index is -1.24. The lowest BCUT2D eigenvalue weighted by atomic mass is 10.3. The maximum Gasteiger partial charge on any atom is 0.0648 e. The summed E-state index contributed by atoms with van der Waals surface area (Å²) in [6.07, 6.45) is 8.60. The highest BCUT2D eigenvalue weighted by molar-refractivity contribution is 6.81. The Labute approximate surface area is 95.8 Å². The summed E-state index contributed by atoms with van der Waals surface area (Å²) in [7, 11) is -1.24. The molecule has 0 heterocycles. The van der Waals surface area contributed by atoms with Crippen LogP contribution >= 0.6 is 0 Å². The molecule has 0 aliphatic heterocycles. The lowest BCUT2D eigenvalue weighted by molar-refractivity contribution is 0.792. The number of allylic oxidation sites excluding steroid dienone is 3. The molecule has 0 fully saturated rings. The first-order valence-electron chi connectivity index (χ1n) is 5.77. The SMILES string of the molecule is C=CC[Si](CC=C)(CC=C)CCCCN. The molecule has 0 aromatic rings. The summed E-state index contributed by atoms with van der Waals surface area (Å²) in [6, 6.07) is 4.86. The topological polar surface area (TPSA) is 26.0 Å². The van der Waals surface area contributed by atoms with Crippen LogP contribution in [0.1, 0.15) is 12.8 Å². The Morgan fingerprint density at radius 3 is 1.67 bits per heavy atom. The lowest BCUT2D eigenvalue weighted by Gasteiger charge is -2.28. The van der Waals surface area contributed by atoms with Crippen molar-refractivity contribution in [2.45, 2.75) is 37.0 Å². The standard InChI is InChI=1S/C13H25NSi/c1-4-10-15(11-5-2,12-6-3)13-8-7-9-14/h4-6H,1-3,7-14H2. The third-order valence-corrected chi connectivity index (χ3v) is 7.77. The molecule has 0 spiro atoms. The van der Waals surface area contributed by atoms with Crippen LogP contribution in [0.3, 0.4) is 0 Å². The molecule has 0 atom stereocenters. The molecule has 0 aromatic carbocycles. The van der Waals surface area contributed by atoms with Crippen molar-refractivity contribution in [3.8, 4) is 0 Å². The van der Waals surface area contributed by atoms with Crippen molar-refractivity contribution in [1.82, 2.24) is 0 Å². The van der Waals surface area contributed by atoms with E-state index >= 15 is 0 Å². The smallest absolute Gasteiger partial charge is 0.0648 e. The Kier molecular flexibility index (Phi) is 8.34. The fourth-order valence-electron chi connectivity index (χ4n) is 2.12. The van der Waals surface area contributed by atoms with Gasteiger partial charge in [0.1, 0.15) is 0 Å². The van der Waals surface area contributed by atoms with E-state index in [1.54, 1.807) is 0 Å². The van der Waals surface area contributed by atoms with Crippen molar-refractivity contribution < 1.29 is 0 Å². The quantitative estimate of drug-likeness (QED) is 0.341. The van der Waals surface area contributed by atoms with Gasteiger partial charge in [-0.05, 0) is 31.1 Å². The molecule has 0 amide bonds. The molecule has 0 radical (unpaired) electrons. The van der Waals surface area contributed by atoms with E-state index in [1.807, 2.05) is 0 Å². The molecule has 0 aliphatic carbocycles. The maximum absolute atomic E-state index is 5.53. The molecule has 15 heavy (non-hydrogen) atoms. The first-order valence-corrected chi connectivity index (χ1v) is 8.60. The summed E-state index contributed by atoms with van der Waals surface area (Å²) >= 11 is 0. The van der Waals surface area contributed by atoms with E-state index in [2.05, 4.69) is 38.0 Å². The van der Waals surface area contributed by atoms with Crippen LogP contribution in [-0.2, 0) is 0 Å². The van der Waals surface area contributed by atoms with Crippen molar-refractivity contribution in [3.05, 3.63) is 38.0 Å². The number of unbranched alkanes of at least 4 members (excludes halogenated alkanes) is 1. The van der Waals surface area contributed by atoms with Gasteiger partial charge in [0.2, 0.25) is 0 Å². The van der Waals surface area contributed by atoms with Gasteiger partial charge >= 0.3 is 0 Å². The van der Waals surface area contributed by atoms with E-state index in [0.29, 0.717) is 0 Å². The van der Waals surface area contributed by atoms with E-state index in [0.717, 1.165) is 13.0 Å². The van der Waals surface area contributed by atoms with Gasteiger partial charge in [-0.15, -0.1) is 19.7 Å². The van der Waals surface area contributed by atoms with Crippen molar-refractivity contribution in [3.63, 3.8) is 0 Å². The van der Waals surface area contributed by atoms with Gasteiger partial charge in [0.05, 0.1) is 8.07 Å². The van der Waals surface area contributed by atoms with Crippen LogP contribution < -0.4 is 5.73 Å². The van der Waals surface area contributed by atoms with E-state index in [4.69, 9.17) is 5.73 Å². The van der Waals surface area contributed by atoms with Gasteiger partial charge < -0.3 is 5.73 Å². The van der Waals surface area contributed by atoms with Gasteiger partial charge in [0.15, 0.2) is 0 Å². The van der Waals surface area contributed by atoms with Crippen LogP contribution in [0.5, 0.6) is 0 Å². The predicted molar refractivity (Wildman–Crippen MR) is 73.9 cm³/mol. The zero-order valence-electron chi connectivity index (χ0n) is 9.88. The zero-order valence-corrected chi connectivity index (χ0v) is 10.9. The zero-order chi connectivity index (χ0) is 11.6. The maximum atomic E-state index is 5.53. The molecular weight excluding hydrogens is 198 g/mol. The highest BCUT2D eigenvalue weighted by Gasteiger charge is 2.27. The average molecular weight is 223 g/mol. The molecule has 2 heteroatoms. The molecule has 86 valence electrons. The highest BCUT2D eigenvalue weighted by Crippen LogP contribution is 2.29. The van der Waals surface area contributed by atoms with Crippen LogP contribution in [0.4, 0.5) is 0 Å². The molecule has 0 saturated heterocycles. The third kappa shape index (κ3) is 5.75. The normalized spacial score (nSPS) is 11.0. The van der Waals surface area contributed by atoms with Crippen molar-refractivity contribution >= 4 is 8.07 Å². The van der Waals surface area contributed by atoms with Crippen LogP contribution in [0.2, 0.25) is 24.2 Å². The molecule has 0 rings (SSSR count). The van der Waals surface area contributed by atoms with Gasteiger partial charge in [-0.2, -0.15) is 0 Å². The van der Waals surface area contributed by atoms with Gasteiger partial charge in [-0.25, -0.2) is 0 Å². The van der Waals surface area contributed by atoms with E-state index < -0.39 is 8.07 Å². The lowest BCUT2D eigenvalue weighted by Crippen LogP contribution is -2.32. The minimum absolute atomic E-state index is 0.806. The summed E-state index contributed by atoms with van der Waals surface area (Å²) in [5.74, 6) is 0. The summed E-state index contributed by atoms with van der Waals surface area (Å²) in [4.78, 5) is 0. The first kappa shape index (κ1) is 14.4. The highest BCUT2D eigenvalue weighted by atomic mass is 28.3. The molecule has 0 aromatic heterocycles. The van der Waals surface area contributed by atoms with Crippen LogP contribution in [-0.4, -0.2) is 14.6 Å². The second-order valence-electron chi connectivity index (χ2n) is 4.22. The molecule has 2 N–H and O–H groups in total. The van der Waals surface area contributed by atoms with Gasteiger partial charge in [0.25, 0.3) is 0 Å². The van der Waals surface area contributed by atoms with Gasteiger partial charge in [-0.3, -0.25) is 0 Å². The number of rotatable bonds is 10. The minimum Gasteiger partial charge on any atom is -0.330 e. The first-order chi connectivity index (χ1) is 7.24. The van der Waals surface area contributed by atoms with Crippen LogP contribution in [0, 0.1) is 0 Å². The van der Waals surface area contributed by atoms with E-state index in [9.17, 15) is 0 Å². The molecule has 0 aliphatic rings. The second-order valence-corrected chi connectivity index (χ2v) is 8.95. The number of hydrogen-bond donors (Lipinski definition) is 1. The summed E-state index contributed by atoms with van der Waals surface area (Å²) in [5.41, 5.74) is 5.53. The van der Waals surface area contributed by atoms with Crippen molar-refractivity contribution in [2.24, 2.45) is 5.73 Å². The molecule has 1 nitrogen and oxygen atoms in total. The summed E-state index contributed by atoms with van der Waals surface area (Å²) < 4.78 is 0. The van der Waals surface area contributed by atoms with Crippen molar-refractivity contribution in [2.75, 3.05) is 6.54 Å². The van der Waals surface area contributed by atoms with Gasteiger partial charge in [0, 0.05) is 0 Å². The Balaban J connectivity index is 4.36. The summed E-state index contributed by atoms with van der Waals surface area (Å²) in [6.45, 7) is 12.4. The fourth-order valence-corrected chi connectivity index (χ4v) is 6.07. The van der Waals surface area contributed by atoms with E-state index in [-0.39, 0.29) is 0 Å². The second kappa shape index (κ2) is 8.68. The number of hydrogen-bond acceptors (Lipinski definition) is 1. The number of nitrogens with two attached hydrogens (primary N) is 1. The Hall–Kier alpha value is -0.603. The predicted octanol–water partition coefficient (Wildman–Crippen LogP) is 3.73. The largest absolute Gasteiger partial charge is 0.330 e. The van der Waals surface area contributed by atoms with Crippen LogP contribution in [0.25, 0.3) is 0 Å². The molecule has 0 bridgehead atoms. The monoisotopic (exact) mass is 223 g/mol. The Morgan fingerprint density at radius 1 is 0.867 bits per heavy atom. The molecule has 0 unspecified atom stereocenters. The Morgan fingerprint density at radius 2 is 1.33 bits per heavy atom. The molecular formula is C13H25NSi. The van der Waals surface area contributed by atoms with Gasteiger partial charge in [-0.1, -0.05) is 30.7 Å². The third-order valence-electron chi connectivity index (χ3n) is 2.89. The Bertz CT molecular complexity index is 172. The van der Waals surface area contributed by atoms with E-state index in [1.165, 1.54) is 30.6 Å². The molecule has 0 saturated carbocycles. The average Bonchev–Trinajstić information content (AvgIpc) is 2.19. The van der Waals surface area contributed by atoms with Crippen molar-refractivity contribution in [1.29, 1.82) is 0 Å². The fraction of sp³-hybridized carbons (Fsp3) is 0.538. The summed E-state index contributed by atoms with van der Waals surface area (Å²) in [5, 5.41) is 0. The van der Waals surface area contributed by atoms with Crippen LogP contribution in [0.15, 0.2) is 38.0 Å².